The van der Waals surface area contributed by atoms with E-state index in [0.29, 0.717) is 34.3 Å². The molecular formula is C21H23N3O3S2. The van der Waals surface area contributed by atoms with Crippen LogP contribution in [0.4, 0.5) is 0 Å². The van der Waals surface area contributed by atoms with Crippen LogP contribution in [0.25, 0.3) is 15.9 Å². The lowest BCUT2D eigenvalue weighted by molar-refractivity contribution is -0.115. The van der Waals surface area contributed by atoms with Crippen LogP contribution in [0.15, 0.2) is 34.2 Å². The Morgan fingerprint density at radius 3 is 2.76 bits per heavy atom. The second kappa shape index (κ2) is 7.93. The number of aryl methyl sites for hydroxylation is 1. The van der Waals surface area contributed by atoms with Crippen LogP contribution >= 0.6 is 23.1 Å². The van der Waals surface area contributed by atoms with Crippen LogP contribution in [0.5, 0.6) is 0 Å². The van der Waals surface area contributed by atoms with Gasteiger partial charge in [-0.25, -0.2) is 4.98 Å². The standard InChI is InChI=1S/C21H23N3O3S2/c1-11(2)15-8-14-16(9-27-15)29-19-18(14)20(26)24(13-6-4-12(3)5-7-13)21(23-19)28-10-17(22)25/h4-7,11,15H,8-10H2,1-3H3,(H2,22,25)/t15-/m0/s1. The highest BCUT2D eigenvalue weighted by molar-refractivity contribution is 7.99. The van der Waals surface area contributed by atoms with E-state index in [0.717, 1.165) is 21.7 Å². The number of hydrogen-bond donors (Lipinski definition) is 1. The molecule has 0 fully saturated rings. The Morgan fingerprint density at radius 2 is 2.10 bits per heavy atom. The fourth-order valence-corrected chi connectivity index (χ4v) is 5.41. The molecule has 4 rings (SSSR count). The Bertz CT molecular complexity index is 1130. The second-order valence-corrected chi connectivity index (χ2v) is 9.63. The zero-order valence-electron chi connectivity index (χ0n) is 16.6. The van der Waals surface area contributed by atoms with Gasteiger partial charge in [-0.3, -0.25) is 14.2 Å². The molecule has 8 heteroatoms. The van der Waals surface area contributed by atoms with Gasteiger partial charge in [-0.1, -0.05) is 43.3 Å². The molecular weight excluding hydrogens is 406 g/mol. The van der Waals surface area contributed by atoms with Crippen LogP contribution in [0.3, 0.4) is 0 Å². The molecule has 0 unspecified atom stereocenters. The van der Waals surface area contributed by atoms with E-state index < -0.39 is 5.91 Å². The second-order valence-electron chi connectivity index (χ2n) is 7.61. The highest BCUT2D eigenvalue weighted by atomic mass is 32.2. The number of primary amides is 1. The Labute approximate surface area is 177 Å². The molecule has 152 valence electrons. The molecule has 0 saturated heterocycles. The van der Waals surface area contributed by atoms with E-state index in [4.69, 9.17) is 15.5 Å². The van der Waals surface area contributed by atoms with E-state index in [1.807, 2.05) is 31.2 Å². The number of amides is 1. The molecule has 2 N–H and O–H groups in total. The summed E-state index contributed by atoms with van der Waals surface area (Å²) in [5, 5.41) is 1.15. The number of carbonyl (C=O) groups is 1. The van der Waals surface area contributed by atoms with Crippen molar-refractivity contribution in [1.82, 2.24) is 9.55 Å². The van der Waals surface area contributed by atoms with Gasteiger partial charge in [0.25, 0.3) is 5.56 Å². The fraction of sp³-hybridized carbons (Fsp3) is 0.381. The van der Waals surface area contributed by atoms with Gasteiger partial charge in [0.1, 0.15) is 4.83 Å². The third-order valence-corrected chi connectivity index (χ3v) is 7.15. The average molecular weight is 430 g/mol. The van der Waals surface area contributed by atoms with E-state index in [1.165, 1.54) is 23.1 Å². The molecule has 1 aliphatic rings. The number of nitrogens with zero attached hydrogens (tertiary/aromatic N) is 2. The molecule has 6 nitrogen and oxygen atoms in total. The number of carbonyl (C=O) groups excluding carboxylic acids is 1. The van der Waals surface area contributed by atoms with Crippen molar-refractivity contribution in [2.45, 2.75) is 45.1 Å². The molecule has 0 saturated carbocycles. The van der Waals surface area contributed by atoms with Crippen LogP contribution in [-0.2, 0) is 22.6 Å². The summed E-state index contributed by atoms with van der Waals surface area (Å²) in [6.45, 7) is 6.77. The Hall–Kier alpha value is -2.16. The third-order valence-electron chi connectivity index (χ3n) is 5.09. The van der Waals surface area contributed by atoms with E-state index in [2.05, 4.69) is 13.8 Å². The molecule has 0 bridgehead atoms. The minimum absolute atomic E-state index is 0.0629. The Morgan fingerprint density at radius 1 is 1.38 bits per heavy atom. The number of fused-ring (bicyclic) bond motifs is 3. The number of ether oxygens (including phenoxy) is 1. The first-order valence-electron chi connectivity index (χ1n) is 9.52. The van der Waals surface area contributed by atoms with Gasteiger partial charge < -0.3 is 10.5 Å². The van der Waals surface area contributed by atoms with Gasteiger partial charge >= 0.3 is 0 Å². The normalized spacial score (nSPS) is 16.3. The molecule has 29 heavy (non-hydrogen) atoms. The molecule has 0 radical (unpaired) electrons. The van der Waals surface area contributed by atoms with E-state index >= 15 is 0 Å². The first-order chi connectivity index (χ1) is 13.8. The number of hydrogen-bond acceptors (Lipinski definition) is 6. The molecule has 0 spiro atoms. The van der Waals surface area contributed by atoms with Gasteiger partial charge in [-0.2, -0.15) is 0 Å². The van der Waals surface area contributed by atoms with E-state index in [9.17, 15) is 9.59 Å². The number of benzene rings is 1. The molecule has 1 atom stereocenters. The molecule has 1 aromatic carbocycles. The van der Waals surface area contributed by atoms with Crippen LogP contribution in [-0.4, -0.2) is 27.3 Å². The average Bonchev–Trinajstić information content (AvgIpc) is 3.05. The predicted molar refractivity (Wildman–Crippen MR) is 117 cm³/mol. The van der Waals surface area contributed by atoms with E-state index in [1.54, 1.807) is 4.57 Å². The maximum atomic E-state index is 13.6. The van der Waals surface area contributed by atoms with Crippen LogP contribution in [0, 0.1) is 12.8 Å². The topological polar surface area (TPSA) is 87.2 Å². The zero-order valence-corrected chi connectivity index (χ0v) is 18.2. The van der Waals surface area contributed by atoms with Crippen LogP contribution in [0.1, 0.15) is 29.9 Å². The summed E-state index contributed by atoms with van der Waals surface area (Å²) in [5.41, 5.74) is 8.12. The first-order valence-corrected chi connectivity index (χ1v) is 11.3. The number of thiophene rings is 1. The van der Waals surface area contributed by atoms with Crippen molar-refractivity contribution in [3.05, 3.63) is 50.6 Å². The highest BCUT2D eigenvalue weighted by Gasteiger charge is 2.28. The van der Waals surface area contributed by atoms with Crippen molar-refractivity contribution in [1.29, 1.82) is 0 Å². The predicted octanol–water partition coefficient (Wildman–Crippen LogP) is 3.43. The van der Waals surface area contributed by atoms with Crippen molar-refractivity contribution in [3.63, 3.8) is 0 Å². The molecule has 0 aliphatic carbocycles. The van der Waals surface area contributed by atoms with E-state index in [-0.39, 0.29) is 17.4 Å². The van der Waals surface area contributed by atoms with Crippen molar-refractivity contribution < 1.29 is 9.53 Å². The molecule has 3 aromatic rings. The van der Waals surface area contributed by atoms with Crippen molar-refractivity contribution >= 4 is 39.2 Å². The highest BCUT2D eigenvalue weighted by Crippen LogP contribution is 2.36. The summed E-state index contributed by atoms with van der Waals surface area (Å²) in [6, 6.07) is 7.72. The molecule has 1 aliphatic heterocycles. The minimum Gasteiger partial charge on any atom is -0.372 e. The largest absolute Gasteiger partial charge is 0.372 e. The summed E-state index contributed by atoms with van der Waals surface area (Å²) in [5.74, 6) is -0.0119. The third kappa shape index (κ3) is 3.84. The van der Waals surface area contributed by atoms with Gasteiger partial charge in [0.2, 0.25) is 5.91 Å². The first kappa shape index (κ1) is 20.1. The van der Waals surface area contributed by atoms with Crippen molar-refractivity contribution in [3.8, 4) is 5.69 Å². The van der Waals surface area contributed by atoms with Gasteiger partial charge in [-0.05, 0) is 30.5 Å². The lowest BCUT2D eigenvalue weighted by atomic mass is 9.96. The van der Waals surface area contributed by atoms with Gasteiger partial charge in [0, 0.05) is 11.3 Å². The smallest absolute Gasteiger partial charge is 0.267 e. The summed E-state index contributed by atoms with van der Waals surface area (Å²) in [6.07, 6.45) is 0.808. The monoisotopic (exact) mass is 429 g/mol. The maximum absolute atomic E-state index is 13.6. The molecule has 2 aromatic heterocycles. The maximum Gasteiger partial charge on any atom is 0.267 e. The number of aromatic nitrogens is 2. The summed E-state index contributed by atoms with van der Waals surface area (Å²) in [7, 11) is 0. The van der Waals surface area contributed by atoms with Crippen molar-refractivity contribution in [2.24, 2.45) is 11.7 Å². The quantitative estimate of drug-likeness (QED) is 0.496. The van der Waals surface area contributed by atoms with Crippen LogP contribution in [0.2, 0.25) is 0 Å². The zero-order chi connectivity index (χ0) is 20.7. The van der Waals surface area contributed by atoms with Gasteiger partial charge in [-0.15, -0.1) is 11.3 Å². The van der Waals surface area contributed by atoms with Gasteiger partial charge in [0.15, 0.2) is 5.16 Å². The van der Waals surface area contributed by atoms with Crippen molar-refractivity contribution in [2.75, 3.05) is 5.75 Å². The molecule has 3 heterocycles. The number of rotatable bonds is 5. The lowest BCUT2D eigenvalue weighted by Gasteiger charge is -2.26. The lowest BCUT2D eigenvalue weighted by Crippen LogP contribution is -2.28. The number of nitrogens with two attached hydrogens (primary N) is 1. The number of thioether (sulfide) groups is 1. The summed E-state index contributed by atoms with van der Waals surface area (Å²) >= 11 is 2.69. The Kier molecular flexibility index (Phi) is 5.50. The van der Waals surface area contributed by atoms with Gasteiger partial charge in [0.05, 0.1) is 29.5 Å². The fourth-order valence-electron chi connectivity index (χ4n) is 3.49. The summed E-state index contributed by atoms with van der Waals surface area (Å²) in [4.78, 5) is 31.5. The minimum atomic E-state index is -0.446. The van der Waals surface area contributed by atoms with Crippen LogP contribution < -0.4 is 11.3 Å². The SMILES string of the molecule is Cc1ccc(-n2c(SCC(N)=O)nc3sc4c(c3c2=O)C[C@@H](C(C)C)OC4)cc1. The molecule has 1 amide bonds. The summed E-state index contributed by atoms with van der Waals surface area (Å²) < 4.78 is 7.58. The Balaban J connectivity index is 1.93.